The van der Waals surface area contributed by atoms with E-state index in [4.69, 9.17) is 4.52 Å². The predicted molar refractivity (Wildman–Crippen MR) is 130 cm³/mol. The first-order chi connectivity index (χ1) is 16.2. The molecule has 0 spiro atoms. The molecule has 0 bridgehead atoms. The summed E-state index contributed by atoms with van der Waals surface area (Å²) >= 11 is 0. The molecule has 6 rings (SSSR count). The monoisotopic (exact) mass is 459 g/mol. The molecule has 1 amide bonds. The SMILES string of the molecule is O=C1c2c(OP)c(=O)ccn2N(C2c3ccccc3CCc3ccccc32)[C@@H]2CCCCN12. The second-order valence-electron chi connectivity index (χ2n) is 8.98. The molecule has 1 unspecified atom stereocenters. The van der Waals surface area contributed by atoms with Gasteiger partial charge in [-0.05, 0) is 54.4 Å². The molecular formula is C26H26N3O3P. The molecule has 2 atom stereocenters. The van der Waals surface area contributed by atoms with E-state index in [2.05, 4.69) is 63.0 Å². The molecule has 7 heteroatoms. The van der Waals surface area contributed by atoms with Crippen LogP contribution in [0.25, 0.3) is 0 Å². The Morgan fingerprint density at radius 3 is 2.21 bits per heavy atom. The number of aromatic nitrogens is 1. The van der Waals surface area contributed by atoms with E-state index < -0.39 is 0 Å². The van der Waals surface area contributed by atoms with E-state index in [0.717, 1.165) is 32.1 Å². The summed E-state index contributed by atoms with van der Waals surface area (Å²) in [5, 5.41) is 2.31. The average molecular weight is 459 g/mol. The quantitative estimate of drug-likeness (QED) is 0.547. The van der Waals surface area contributed by atoms with Crippen molar-refractivity contribution in [1.29, 1.82) is 0 Å². The van der Waals surface area contributed by atoms with Crippen LogP contribution in [0.4, 0.5) is 0 Å². The lowest BCUT2D eigenvalue weighted by molar-refractivity contribution is 0.0465. The van der Waals surface area contributed by atoms with Crippen molar-refractivity contribution < 1.29 is 9.32 Å². The van der Waals surface area contributed by atoms with Crippen molar-refractivity contribution in [1.82, 2.24) is 9.58 Å². The van der Waals surface area contributed by atoms with Crippen LogP contribution in [0.3, 0.4) is 0 Å². The minimum Gasteiger partial charge on any atom is -0.474 e. The summed E-state index contributed by atoms with van der Waals surface area (Å²) in [5.41, 5.74) is 5.16. The molecule has 0 radical (unpaired) electrons. The molecule has 0 N–H and O–H groups in total. The number of pyridine rings is 1. The number of carbonyl (C=O) groups excluding carboxylic acids is 1. The van der Waals surface area contributed by atoms with Crippen molar-refractivity contribution >= 4 is 15.4 Å². The van der Waals surface area contributed by atoms with Gasteiger partial charge in [0.2, 0.25) is 11.2 Å². The third-order valence-corrected chi connectivity index (χ3v) is 7.50. The first kappa shape index (κ1) is 20.5. The first-order valence-corrected chi connectivity index (χ1v) is 12.0. The number of aryl methyl sites for hydroxylation is 2. The predicted octanol–water partition coefficient (Wildman–Crippen LogP) is 3.81. The summed E-state index contributed by atoms with van der Waals surface area (Å²) in [5.74, 6) is -0.0574. The standard InChI is InChI=1S/C26H26N3O3P/c30-21-14-16-28-24(25(21)32-33)26(31)27-15-6-5-11-22(27)29(28)23-19-9-3-1-7-17(19)12-13-18-8-2-4-10-20(18)23/h1-4,7-10,14,16,22-23H,5-6,11-13,15,33H2/t22-/m1/s1. The van der Waals surface area contributed by atoms with Gasteiger partial charge in [0.1, 0.15) is 6.17 Å². The van der Waals surface area contributed by atoms with Gasteiger partial charge < -0.3 is 9.42 Å². The van der Waals surface area contributed by atoms with Crippen LogP contribution in [-0.2, 0) is 12.8 Å². The topological polar surface area (TPSA) is 54.8 Å². The Morgan fingerprint density at radius 1 is 0.879 bits per heavy atom. The lowest BCUT2D eigenvalue weighted by Crippen LogP contribution is -2.63. The number of carbonyl (C=O) groups is 1. The molecule has 168 valence electrons. The molecule has 1 fully saturated rings. The molecule has 0 saturated carbocycles. The number of hydrogen-bond donors (Lipinski definition) is 0. The van der Waals surface area contributed by atoms with Crippen molar-refractivity contribution in [3.05, 3.63) is 99.0 Å². The van der Waals surface area contributed by atoms with Gasteiger partial charge >= 0.3 is 0 Å². The minimum atomic E-state index is -0.290. The Labute approximate surface area is 195 Å². The van der Waals surface area contributed by atoms with E-state index in [1.165, 1.54) is 28.3 Å². The maximum Gasteiger partial charge on any atom is 0.278 e. The summed E-state index contributed by atoms with van der Waals surface area (Å²) < 4.78 is 7.29. The Morgan fingerprint density at radius 2 is 1.55 bits per heavy atom. The van der Waals surface area contributed by atoms with Gasteiger partial charge in [-0.25, -0.2) is 0 Å². The van der Waals surface area contributed by atoms with Gasteiger partial charge in [0.05, 0.1) is 15.5 Å². The first-order valence-electron chi connectivity index (χ1n) is 11.6. The van der Waals surface area contributed by atoms with Crippen LogP contribution in [0, 0.1) is 0 Å². The zero-order valence-electron chi connectivity index (χ0n) is 18.3. The molecule has 3 aliphatic rings. The molecule has 1 saturated heterocycles. The van der Waals surface area contributed by atoms with Crippen molar-refractivity contribution in [2.24, 2.45) is 0 Å². The van der Waals surface area contributed by atoms with Crippen molar-refractivity contribution in [3.63, 3.8) is 0 Å². The van der Waals surface area contributed by atoms with E-state index >= 15 is 0 Å². The fourth-order valence-electron chi connectivity index (χ4n) is 5.79. The highest BCUT2D eigenvalue weighted by atomic mass is 31.0. The van der Waals surface area contributed by atoms with Gasteiger partial charge in [-0.1, -0.05) is 48.5 Å². The van der Waals surface area contributed by atoms with E-state index in [1.54, 1.807) is 6.20 Å². The van der Waals surface area contributed by atoms with Crippen LogP contribution >= 0.6 is 9.47 Å². The van der Waals surface area contributed by atoms with Gasteiger partial charge in [0.15, 0.2) is 5.69 Å². The number of rotatable bonds is 2. The highest BCUT2D eigenvalue weighted by molar-refractivity contribution is 7.10. The van der Waals surface area contributed by atoms with E-state index in [0.29, 0.717) is 12.2 Å². The maximum atomic E-state index is 13.6. The van der Waals surface area contributed by atoms with Gasteiger partial charge in [0, 0.05) is 18.8 Å². The second-order valence-corrected chi connectivity index (χ2v) is 9.21. The molecule has 1 aliphatic carbocycles. The van der Waals surface area contributed by atoms with Crippen LogP contribution in [0.5, 0.6) is 5.75 Å². The van der Waals surface area contributed by atoms with Crippen molar-refractivity contribution in [2.45, 2.75) is 44.3 Å². The molecule has 2 aromatic carbocycles. The number of benzene rings is 2. The number of hydrogen-bond acceptors (Lipinski definition) is 4. The zero-order chi connectivity index (χ0) is 22.5. The normalized spacial score (nSPS) is 19.8. The summed E-state index contributed by atoms with van der Waals surface area (Å²) in [4.78, 5) is 28.2. The van der Waals surface area contributed by atoms with Gasteiger partial charge in [-0.15, -0.1) is 0 Å². The lowest BCUT2D eigenvalue weighted by atomic mass is 9.92. The lowest BCUT2D eigenvalue weighted by Gasteiger charge is -2.52. The molecule has 33 heavy (non-hydrogen) atoms. The third kappa shape index (κ3) is 3.12. The third-order valence-electron chi connectivity index (χ3n) is 7.27. The van der Waals surface area contributed by atoms with E-state index in [1.807, 2.05) is 9.58 Å². The van der Waals surface area contributed by atoms with Crippen LogP contribution in [0.1, 0.15) is 58.0 Å². The van der Waals surface area contributed by atoms with Crippen molar-refractivity contribution in [2.75, 3.05) is 11.6 Å². The smallest absolute Gasteiger partial charge is 0.278 e. The molecule has 1 aromatic heterocycles. The van der Waals surface area contributed by atoms with Gasteiger partial charge in [-0.3, -0.25) is 19.3 Å². The van der Waals surface area contributed by atoms with Crippen LogP contribution in [0.15, 0.2) is 65.6 Å². The minimum absolute atomic E-state index is 0.0803. The number of fused-ring (bicyclic) bond motifs is 4. The maximum absolute atomic E-state index is 13.6. The fraction of sp³-hybridized carbons (Fsp3) is 0.308. The summed E-state index contributed by atoms with van der Waals surface area (Å²) in [7, 11) is 2.14. The number of piperidine rings is 1. The Kier molecular flexibility index (Phi) is 4.99. The van der Waals surface area contributed by atoms with Crippen LogP contribution in [-0.4, -0.2) is 28.2 Å². The summed E-state index contributed by atoms with van der Waals surface area (Å²) in [6.07, 6.45) is 6.50. The van der Waals surface area contributed by atoms with Crippen LogP contribution < -0.4 is 15.0 Å². The van der Waals surface area contributed by atoms with E-state index in [-0.39, 0.29) is 29.3 Å². The Hall–Kier alpha value is -3.11. The molecule has 6 nitrogen and oxygen atoms in total. The highest BCUT2D eigenvalue weighted by Crippen LogP contribution is 2.41. The fourth-order valence-corrected chi connectivity index (χ4v) is 6.02. The number of nitrogens with zero attached hydrogens (tertiary/aromatic N) is 3. The van der Waals surface area contributed by atoms with E-state index in [9.17, 15) is 9.59 Å². The van der Waals surface area contributed by atoms with Crippen LogP contribution in [0.2, 0.25) is 0 Å². The van der Waals surface area contributed by atoms with Crippen molar-refractivity contribution in [3.8, 4) is 5.75 Å². The zero-order valence-corrected chi connectivity index (χ0v) is 19.5. The van der Waals surface area contributed by atoms with Gasteiger partial charge in [0.25, 0.3) is 5.91 Å². The largest absolute Gasteiger partial charge is 0.474 e. The Balaban J connectivity index is 1.66. The molecular weight excluding hydrogens is 433 g/mol. The van der Waals surface area contributed by atoms with Gasteiger partial charge in [-0.2, -0.15) is 0 Å². The molecule has 3 heterocycles. The molecule has 3 aromatic rings. The highest BCUT2D eigenvalue weighted by Gasteiger charge is 2.45. The summed E-state index contributed by atoms with van der Waals surface area (Å²) in [6, 6.07) is 18.6. The average Bonchev–Trinajstić information content (AvgIpc) is 3.02. The molecule has 2 aliphatic heterocycles. The second kappa shape index (κ2) is 8.03. The Bertz CT molecular complexity index is 1260. The summed E-state index contributed by atoms with van der Waals surface area (Å²) in [6.45, 7) is 0.676. The number of amides is 1.